The van der Waals surface area contributed by atoms with Crippen molar-refractivity contribution >= 4 is 15.7 Å². The molecule has 0 spiro atoms. The van der Waals surface area contributed by atoms with Crippen molar-refractivity contribution in [3.05, 3.63) is 48.0 Å². The minimum Gasteiger partial charge on any atom is -0.455 e. The van der Waals surface area contributed by atoms with Crippen molar-refractivity contribution < 1.29 is 18.3 Å². The van der Waals surface area contributed by atoms with Gasteiger partial charge in [-0.1, -0.05) is 18.2 Å². The normalized spacial score (nSPS) is 11.3. The van der Waals surface area contributed by atoms with Crippen LogP contribution >= 0.6 is 0 Å². The molecular weight excluding hydrogens is 280 g/mol. The molecule has 0 heterocycles. The number of primary sulfonamides is 1. The average molecular weight is 294 g/mol. The third-order valence-corrected chi connectivity index (χ3v) is 3.64. The molecule has 20 heavy (non-hydrogen) atoms. The molecule has 2 aromatic rings. The fraction of sp³-hybridized carbons (Fsp3) is 0.0769. The molecule has 0 bridgehead atoms. The summed E-state index contributed by atoms with van der Waals surface area (Å²) < 4.78 is 28.2. The lowest BCUT2D eigenvalue weighted by Crippen LogP contribution is -2.14. The Morgan fingerprint density at radius 3 is 2.30 bits per heavy atom. The number of rotatable bonds is 4. The van der Waals surface area contributed by atoms with E-state index < -0.39 is 10.0 Å². The van der Waals surface area contributed by atoms with Gasteiger partial charge >= 0.3 is 0 Å². The fourth-order valence-corrected chi connectivity index (χ4v) is 2.33. The zero-order valence-corrected chi connectivity index (χ0v) is 11.3. The maximum absolute atomic E-state index is 11.4. The number of sulfonamides is 1. The molecule has 2 aromatic carbocycles. The quantitative estimate of drug-likeness (QED) is 0.733. The van der Waals surface area contributed by atoms with E-state index in [0.717, 1.165) is 5.56 Å². The van der Waals surface area contributed by atoms with Crippen LogP contribution in [0.3, 0.4) is 0 Å². The van der Waals surface area contributed by atoms with Gasteiger partial charge in [0.25, 0.3) is 0 Å². The second kappa shape index (κ2) is 5.49. The van der Waals surface area contributed by atoms with Crippen molar-refractivity contribution in [1.82, 2.24) is 0 Å². The predicted octanol–water partition coefficient (Wildman–Crippen LogP) is 1.20. The second-order valence-corrected chi connectivity index (χ2v) is 5.65. The van der Waals surface area contributed by atoms with Crippen LogP contribution < -0.4 is 15.6 Å². The van der Waals surface area contributed by atoms with Crippen LogP contribution in [0, 0.1) is 0 Å². The summed E-state index contributed by atoms with van der Waals surface area (Å²) >= 11 is 0. The number of aliphatic hydroxyl groups is 1. The van der Waals surface area contributed by atoms with Crippen molar-refractivity contribution in [2.24, 2.45) is 5.14 Å². The van der Waals surface area contributed by atoms with E-state index in [2.05, 4.69) is 0 Å². The first-order valence-corrected chi connectivity index (χ1v) is 7.25. The molecule has 0 aromatic heterocycles. The monoisotopic (exact) mass is 294 g/mol. The molecule has 0 unspecified atom stereocenters. The van der Waals surface area contributed by atoms with Gasteiger partial charge in [0.2, 0.25) is 10.0 Å². The standard InChI is InChI=1S/C13H14N2O4S/c14-13-11(2-1-3-12(13)20(15,17)18)19-10-6-4-9(8-16)5-7-10/h1-7,16H,8,14H2,(H2,15,17,18). The van der Waals surface area contributed by atoms with E-state index in [4.69, 9.17) is 20.7 Å². The van der Waals surface area contributed by atoms with Crippen LogP contribution in [0.1, 0.15) is 5.56 Å². The highest BCUT2D eigenvalue weighted by atomic mass is 32.2. The van der Waals surface area contributed by atoms with Gasteiger partial charge in [-0.25, -0.2) is 13.6 Å². The molecule has 0 aliphatic rings. The molecule has 7 heteroatoms. The Balaban J connectivity index is 2.34. The number of hydrogen-bond donors (Lipinski definition) is 3. The highest BCUT2D eigenvalue weighted by molar-refractivity contribution is 7.89. The van der Waals surface area contributed by atoms with Gasteiger partial charge in [0.15, 0.2) is 5.75 Å². The van der Waals surface area contributed by atoms with Crippen LogP contribution in [-0.4, -0.2) is 13.5 Å². The number of para-hydroxylation sites is 1. The number of aliphatic hydroxyl groups excluding tert-OH is 1. The maximum Gasteiger partial charge on any atom is 0.240 e. The minimum absolute atomic E-state index is 0.0405. The Bertz CT molecular complexity index is 712. The summed E-state index contributed by atoms with van der Waals surface area (Å²) in [6, 6.07) is 11.0. The molecule has 5 N–H and O–H groups in total. The number of ether oxygens (including phenoxy) is 1. The van der Waals surface area contributed by atoms with E-state index in [1.165, 1.54) is 12.1 Å². The third-order valence-electron chi connectivity index (χ3n) is 2.67. The fourth-order valence-electron chi connectivity index (χ4n) is 1.65. The molecule has 0 aliphatic heterocycles. The van der Waals surface area contributed by atoms with E-state index >= 15 is 0 Å². The van der Waals surface area contributed by atoms with E-state index in [1.54, 1.807) is 30.3 Å². The molecule has 0 atom stereocenters. The highest BCUT2D eigenvalue weighted by Crippen LogP contribution is 2.31. The Labute approximate surface area is 116 Å². The molecule has 0 saturated heterocycles. The van der Waals surface area contributed by atoms with E-state index in [9.17, 15) is 8.42 Å². The van der Waals surface area contributed by atoms with Gasteiger partial charge in [-0.05, 0) is 29.8 Å². The number of hydrogen-bond acceptors (Lipinski definition) is 5. The Kier molecular flexibility index (Phi) is 3.93. The largest absolute Gasteiger partial charge is 0.455 e. The van der Waals surface area contributed by atoms with E-state index in [0.29, 0.717) is 5.75 Å². The van der Waals surface area contributed by atoms with Crippen molar-refractivity contribution in [1.29, 1.82) is 0 Å². The molecule has 0 amide bonds. The highest BCUT2D eigenvalue weighted by Gasteiger charge is 2.15. The lowest BCUT2D eigenvalue weighted by molar-refractivity contribution is 0.281. The molecule has 6 nitrogen and oxygen atoms in total. The van der Waals surface area contributed by atoms with Gasteiger partial charge in [-0.2, -0.15) is 0 Å². The van der Waals surface area contributed by atoms with Gasteiger partial charge in [-0.15, -0.1) is 0 Å². The zero-order chi connectivity index (χ0) is 14.8. The maximum atomic E-state index is 11.4. The van der Waals surface area contributed by atoms with Crippen molar-refractivity contribution in [3.8, 4) is 11.5 Å². The van der Waals surface area contributed by atoms with Gasteiger partial charge in [0, 0.05) is 0 Å². The molecule has 2 rings (SSSR count). The van der Waals surface area contributed by atoms with Crippen LogP contribution in [0.2, 0.25) is 0 Å². The van der Waals surface area contributed by atoms with E-state index in [-0.39, 0.29) is 22.9 Å². The SMILES string of the molecule is Nc1c(Oc2ccc(CO)cc2)cccc1S(N)(=O)=O. The molecule has 106 valence electrons. The minimum atomic E-state index is -3.90. The van der Waals surface area contributed by atoms with Crippen LogP contribution in [0.4, 0.5) is 5.69 Å². The molecular formula is C13H14N2O4S. The average Bonchev–Trinajstić information content (AvgIpc) is 2.40. The van der Waals surface area contributed by atoms with Crippen molar-refractivity contribution in [3.63, 3.8) is 0 Å². The van der Waals surface area contributed by atoms with Crippen molar-refractivity contribution in [2.75, 3.05) is 5.73 Å². The summed E-state index contributed by atoms with van der Waals surface area (Å²) in [5, 5.41) is 14.0. The van der Waals surface area contributed by atoms with Crippen LogP contribution in [0.5, 0.6) is 11.5 Å². The number of anilines is 1. The Hall–Kier alpha value is -2.09. The topological polar surface area (TPSA) is 116 Å². The Morgan fingerprint density at radius 2 is 1.75 bits per heavy atom. The summed E-state index contributed by atoms with van der Waals surface area (Å²) in [5.41, 5.74) is 6.45. The third kappa shape index (κ3) is 3.08. The summed E-state index contributed by atoms with van der Waals surface area (Å²) in [7, 11) is -3.90. The summed E-state index contributed by atoms with van der Waals surface area (Å²) in [6.45, 7) is -0.0661. The van der Waals surface area contributed by atoms with Gasteiger partial charge < -0.3 is 15.6 Å². The number of nitrogens with two attached hydrogens (primary N) is 2. The molecule has 0 aliphatic carbocycles. The summed E-state index contributed by atoms with van der Waals surface area (Å²) in [6.07, 6.45) is 0. The zero-order valence-electron chi connectivity index (χ0n) is 10.5. The van der Waals surface area contributed by atoms with Crippen LogP contribution in [0.15, 0.2) is 47.4 Å². The Morgan fingerprint density at radius 1 is 1.10 bits per heavy atom. The van der Waals surface area contributed by atoms with Crippen molar-refractivity contribution in [2.45, 2.75) is 11.5 Å². The molecule has 0 fully saturated rings. The second-order valence-electron chi connectivity index (χ2n) is 4.12. The van der Waals surface area contributed by atoms with E-state index in [1.807, 2.05) is 0 Å². The van der Waals surface area contributed by atoms with Crippen LogP contribution in [-0.2, 0) is 16.6 Å². The summed E-state index contributed by atoms with van der Waals surface area (Å²) in [4.78, 5) is -0.179. The number of benzene rings is 2. The van der Waals surface area contributed by atoms with Gasteiger partial charge in [0.05, 0.1) is 12.3 Å². The first kappa shape index (κ1) is 14.3. The molecule has 0 radical (unpaired) electrons. The first-order valence-electron chi connectivity index (χ1n) is 5.71. The predicted molar refractivity (Wildman–Crippen MR) is 74.7 cm³/mol. The first-order chi connectivity index (χ1) is 9.41. The summed E-state index contributed by atoms with van der Waals surface area (Å²) in [5.74, 6) is 0.675. The lowest BCUT2D eigenvalue weighted by atomic mass is 10.2. The molecule has 0 saturated carbocycles. The lowest BCUT2D eigenvalue weighted by Gasteiger charge is -2.11. The number of nitrogen functional groups attached to an aromatic ring is 1. The van der Waals surface area contributed by atoms with Gasteiger partial charge in [0.1, 0.15) is 10.6 Å². The van der Waals surface area contributed by atoms with Gasteiger partial charge in [-0.3, -0.25) is 0 Å². The smallest absolute Gasteiger partial charge is 0.240 e. The van der Waals surface area contributed by atoms with Crippen LogP contribution in [0.25, 0.3) is 0 Å².